The Hall–Kier alpha value is -2.27. The SMILES string of the molecule is NCCC1CC2(C1)CC(n1cc(-c3cnc4ccccc4n3)c(C3CC3)n1)C2. The molecule has 0 radical (unpaired) electrons. The van der Waals surface area contributed by atoms with Crippen molar-refractivity contribution in [3.8, 4) is 11.3 Å². The molecular formula is C23H27N5. The summed E-state index contributed by atoms with van der Waals surface area (Å²) in [4.78, 5) is 9.52. The Morgan fingerprint density at radius 1 is 1.07 bits per heavy atom. The molecule has 3 aliphatic rings. The summed E-state index contributed by atoms with van der Waals surface area (Å²) in [7, 11) is 0. The van der Waals surface area contributed by atoms with Crippen LogP contribution < -0.4 is 5.73 Å². The van der Waals surface area contributed by atoms with Gasteiger partial charge in [-0.2, -0.15) is 5.10 Å². The number of nitrogens with zero attached hydrogens (tertiary/aromatic N) is 4. The van der Waals surface area contributed by atoms with Gasteiger partial charge in [0.25, 0.3) is 0 Å². The largest absolute Gasteiger partial charge is 0.330 e. The molecule has 1 spiro atoms. The molecule has 2 N–H and O–H groups in total. The molecule has 3 fully saturated rings. The van der Waals surface area contributed by atoms with Gasteiger partial charge in [0, 0.05) is 17.7 Å². The van der Waals surface area contributed by atoms with Gasteiger partial charge >= 0.3 is 0 Å². The normalized spacial score (nSPS) is 29.0. The van der Waals surface area contributed by atoms with Crippen LogP contribution in [0.4, 0.5) is 0 Å². The second-order valence-electron chi connectivity index (χ2n) is 9.34. The molecule has 2 heterocycles. The molecule has 144 valence electrons. The number of rotatable bonds is 5. The highest BCUT2D eigenvalue weighted by atomic mass is 15.3. The molecule has 3 saturated carbocycles. The predicted molar refractivity (Wildman–Crippen MR) is 110 cm³/mol. The van der Waals surface area contributed by atoms with Crippen LogP contribution >= 0.6 is 0 Å². The number of para-hydroxylation sites is 2. The maximum atomic E-state index is 5.72. The van der Waals surface area contributed by atoms with E-state index in [0.717, 1.165) is 29.2 Å². The number of nitrogens with two attached hydrogens (primary N) is 1. The molecule has 5 nitrogen and oxygen atoms in total. The average molecular weight is 374 g/mol. The molecule has 6 rings (SSSR count). The van der Waals surface area contributed by atoms with E-state index in [2.05, 4.69) is 15.9 Å². The van der Waals surface area contributed by atoms with Crippen LogP contribution in [0.5, 0.6) is 0 Å². The molecule has 0 aliphatic heterocycles. The van der Waals surface area contributed by atoms with Crippen LogP contribution in [0, 0.1) is 11.3 Å². The first-order chi connectivity index (χ1) is 13.7. The minimum absolute atomic E-state index is 0.554. The second kappa shape index (κ2) is 6.11. The van der Waals surface area contributed by atoms with Crippen molar-refractivity contribution in [2.24, 2.45) is 17.1 Å². The number of fused-ring (bicyclic) bond motifs is 1. The second-order valence-corrected chi connectivity index (χ2v) is 9.34. The Balaban J connectivity index is 1.27. The van der Waals surface area contributed by atoms with Gasteiger partial charge in [0.1, 0.15) is 0 Å². The number of benzene rings is 1. The predicted octanol–water partition coefficient (Wildman–Crippen LogP) is 4.45. The van der Waals surface area contributed by atoms with Crippen molar-refractivity contribution in [2.45, 2.75) is 56.9 Å². The third kappa shape index (κ3) is 2.67. The minimum Gasteiger partial charge on any atom is -0.330 e. The summed E-state index contributed by atoms with van der Waals surface area (Å²) >= 11 is 0. The summed E-state index contributed by atoms with van der Waals surface area (Å²) in [6.07, 6.45) is 13.2. The summed E-state index contributed by atoms with van der Waals surface area (Å²) in [5.74, 6) is 1.48. The van der Waals surface area contributed by atoms with Crippen molar-refractivity contribution >= 4 is 11.0 Å². The summed E-state index contributed by atoms with van der Waals surface area (Å²) in [6, 6.07) is 8.64. The van der Waals surface area contributed by atoms with Crippen molar-refractivity contribution in [1.82, 2.24) is 19.7 Å². The fourth-order valence-corrected chi connectivity index (χ4v) is 5.60. The first kappa shape index (κ1) is 16.7. The lowest BCUT2D eigenvalue weighted by atomic mass is 9.49. The van der Waals surface area contributed by atoms with Gasteiger partial charge in [-0.25, -0.2) is 4.98 Å². The topological polar surface area (TPSA) is 69.6 Å². The highest BCUT2D eigenvalue weighted by Gasteiger charge is 2.53. The van der Waals surface area contributed by atoms with Gasteiger partial charge in [0.2, 0.25) is 0 Å². The van der Waals surface area contributed by atoms with Gasteiger partial charge < -0.3 is 5.73 Å². The molecule has 0 saturated heterocycles. The number of aromatic nitrogens is 4. The summed E-state index contributed by atoms with van der Waals surface area (Å²) < 4.78 is 2.25. The van der Waals surface area contributed by atoms with E-state index in [0.29, 0.717) is 17.4 Å². The zero-order valence-corrected chi connectivity index (χ0v) is 16.2. The van der Waals surface area contributed by atoms with E-state index >= 15 is 0 Å². The van der Waals surface area contributed by atoms with Crippen molar-refractivity contribution < 1.29 is 0 Å². The van der Waals surface area contributed by atoms with Crippen LogP contribution in [0.2, 0.25) is 0 Å². The van der Waals surface area contributed by atoms with Gasteiger partial charge in [-0.3, -0.25) is 9.67 Å². The fraction of sp³-hybridized carbons (Fsp3) is 0.522. The molecule has 0 unspecified atom stereocenters. The van der Waals surface area contributed by atoms with Crippen molar-refractivity contribution in [2.75, 3.05) is 6.54 Å². The van der Waals surface area contributed by atoms with E-state index in [1.165, 1.54) is 56.2 Å². The number of hydrogen-bond donors (Lipinski definition) is 1. The van der Waals surface area contributed by atoms with Crippen molar-refractivity contribution in [1.29, 1.82) is 0 Å². The lowest BCUT2D eigenvalue weighted by Gasteiger charge is -2.58. The Kier molecular flexibility index (Phi) is 3.64. The summed E-state index contributed by atoms with van der Waals surface area (Å²) in [5.41, 5.74) is 11.6. The lowest BCUT2D eigenvalue weighted by molar-refractivity contribution is -0.0667. The van der Waals surface area contributed by atoms with Gasteiger partial charge in [-0.1, -0.05) is 12.1 Å². The zero-order valence-electron chi connectivity index (χ0n) is 16.2. The van der Waals surface area contributed by atoms with Crippen molar-refractivity contribution in [3.63, 3.8) is 0 Å². The molecular weight excluding hydrogens is 346 g/mol. The standard InChI is InChI=1S/C23H27N5/c24-8-7-15-9-23(10-15)11-17(12-23)28-14-18(22(27-28)16-5-6-16)21-13-25-19-3-1-2-4-20(19)26-21/h1-4,13-17H,5-12,24H2. The van der Waals surface area contributed by atoms with Crippen LogP contribution in [-0.4, -0.2) is 26.3 Å². The highest BCUT2D eigenvalue weighted by molar-refractivity contribution is 5.77. The van der Waals surface area contributed by atoms with Crippen LogP contribution in [0.3, 0.4) is 0 Å². The summed E-state index contributed by atoms with van der Waals surface area (Å²) in [6.45, 7) is 0.838. The quantitative estimate of drug-likeness (QED) is 0.717. The monoisotopic (exact) mass is 373 g/mol. The van der Waals surface area contributed by atoms with Gasteiger partial charge in [0.05, 0.1) is 34.7 Å². The molecule has 0 amide bonds. The van der Waals surface area contributed by atoms with Crippen LogP contribution in [-0.2, 0) is 0 Å². The molecule has 0 atom stereocenters. The van der Waals surface area contributed by atoms with E-state index in [-0.39, 0.29) is 0 Å². The minimum atomic E-state index is 0.554. The third-order valence-electron chi connectivity index (χ3n) is 7.18. The fourth-order valence-electron chi connectivity index (χ4n) is 5.60. The Labute approximate surface area is 165 Å². The molecule has 1 aromatic carbocycles. The Morgan fingerprint density at radius 2 is 1.86 bits per heavy atom. The molecule has 5 heteroatoms. The first-order valence-electron chi connectivity index (χ1n) is 10.7. The van der Waals surface area contributed by atoms with Crippen LogP contribution in [0.25, 0.3) is 22.3 Å². The van der Waals surface area contributed by atoms with Crippen LogP contribution in [0.1, 0.15) is 62.6 Å². The molecule has 28 heavy (non-hydrogen) atoms. The Bertz CT molecular complexity index is 1020. The highest BCUT2D eigenvalue weighted by Crippen LogP contribution is 2.63. The first-order valence-corrected chi connectivity index (χ1v) is 10.7. The third-order valence-corrected chi connectivity index (χ3v) is 7.18. The summed E-state index contributed by atoms with van der Waals surface area (Å²) in [5, 5.41) is 5.06. The van der Waals surface area contributed by atoms with E-state index < -0.39 is 0 Å². The van der Waals surface area contributed by atoms with E-state index in [1.807, 2.05) is 30.5 Å². The molecule has 3 aromatic rings. The zero-order chi connectivity index (χ0) is 18.7. The maximum Gasteiger partial charge on any atom is 0.0927 e. The smallest absolute Gasteiger partial charge is 0.0927 e. The van der Waals surface area contributed by atoms with Crippen LogP contribution in [0.15, 0.2) is 36.7 Å². The molecule has 3 aliphatic carbocycles. The lowest BCUT2D eigenvalue weighted by Crippen LogP contribution is -2.48. The number of hydrogen-bond acceptors (Lipinski definition) is 4. The molecule has 0 bridgehead atoms. The van der Waals surface area contributed by atoms with Gasteiger partial charge in [-0.15, -0.1) is 0 Å². The maximum absolute atomic E-state index is 5.72. The molecule has 2 aromatic heterocycles. The van der Waals surface area contributed by atoms with E-state index in [4.69, 9.17) is 15.8 Å². The average Bonchev–Trinajstić information content (AvgIpc) is 3.41. The Morgan fingerprint density at radius 3 is 2.61 bits per heavy atom. The van der Waals surface area contributed by atoms with E-state index in [1.54, 1.807) is 0 Å². The van der Waals surface area contributed by atoms with E-state index in [9.17, 15) is 0 Å². The van der Waals surface area contributed by atoms with Gasteiger partial charge in [-0.05, 0) is 75.0 Å². The van der Waals surface area contributed by atoms with Crippen molar-refractivity contribution in [3.05, 3.63) is 42.4 Å². The van der Waals surface area contributed by atoms with Gasteiger partial charge in [0.15, 0.2) is 0 Å².